The molecule has 2 heteroatoms. The lowest BCUT2D eigenvalue weighted by Gasteiger charge is -2.55. The van der Waals surface area contributed by atoms with E-state index in [2.05, 4.69) is 19.9 Å². The number of rotatable bonds is 0. The molecule has 0 aliphatic heterocycles. The Morgan fingerprint density at radius 2 is 1.86 bits per heavy atom. The van der Waals surface area contributed by atoms with Crippen LogP contribution in [0, 0.1) is 28.6 Å². The van der Waals surface area contributed by atoms with E-state index in [9.17, 15) is 9.59 Å². The smallest absolute Gasteiger partial charge is 0.178 e. The van der Waals surface area contributed by atoms with Gasteiger partial charge in [0.1, 0.15) is 5.78 Å². The Kier molecular flexibility index (Phi) is 2.68. The van der Waals surface area contributed by atoms with E-state index in [4.69, 9.17) is 0 Å². The van der Waals surface area contributed by atoms with Crippen LogP contribution in [0.15, 0.2) is 23.8 Å². The monoisotopic (exact) mass is 284 g/mol. The van der Waals surface area contributed by atoms with Crippen LogP contribution in [0.3, 0.4) is 0 Å². The van der Waals surface area contributed by atoms with E-state index in [1.165, 1.54) is 12.0 Å². The number of hydrogen-bond donors (Lipinski definition) is 0. The van der Waals surface area contributed by atoms with E-state index in [0.29, 0.717) is 23.5 Å². The fourth-order valence-corrected chi connectivity index (χ4v) is 5.97. The zero-order chi connectivity index (χ0) is 14.8. The Hall–Kier alpha value is -1.18. The van der Waals surface area contributed by atoms with Crippen molar-refractivity contribution in [2.75, 3.05) is 0 Å². The number of Topliss-reactive ketones (excluding diaryl/α,β-unsaturated/α-hetero) is 1. The fourth-order valence-electron chi connectivity index (χ4n) is 5.97. The Morgan fingerprint density at radius 1 is 1.05 bits per heavy atom. The first-order valence-corrected chi connectivity index (χ1v) is 8.43. The van der Waals surface area contributed by atoms with Gasteiger partial charge in [0, 0.05) is 17.3 Å². The molecule has 0 amide bonds. The second-order valence-electron chi connectivity index (χ2n) is 8.02. The Bertz CT molecular complexity index is 584. The highest BCUT2D eigenvalue weighted by atomic mass is 16.1. The summed E-state index contributed by atoms with van der Waals surface area (Å²) in [4.78, 5) is 24.0. The van der Waals surface area contributed by atoms with Gasteiger partial charge in [-0.05, 0) is 62.0 Å². The fraction of sp³-hybridized carbons (Fsp3) is 0.684. The molecule has 0 aromatic heterocycles. The predicted molar refractivity (Wildman–Crippen MR) is 81.6 cm³/mol. The number of fused-ring (bicyclic) bond motifs is 5. The van der Waals surface area contributed by atoms with Gasteiger partial charge in [-0.15, -0.1) is 0 Å². The van der Waals surface area contributed by atoms with Gasteiger partial charge in [-0.25, -0.2) is 0 Å². The SMILES string of the molecule is C[C@]12C=CC(=O)C=C1CC[C@H]1C3CCC(=O)[C@@]3(C)CC[C@@H]12. The highest BCUT2D eigenvalue weighted by Crippen LogP contribution is 2.63. The summed E-state index contributed by atoms with van der Waals surface area (Å²) >= 11 is 0. The molecule has 0 aromatic carbocycles. The van der Waals surface area contributed by atoms with E-state index >= 15 is 0 Å². The maximum Gasteiger partial charge on any atom is 0.178 e. The van der Waals surface area contributed by atoms with E-state index < -0.39 is 0 Å². The summed E-state index contributed by atoms with van der Waals surface area (Å²) in [5, 5.41) is 0. The summed E-state index contributed by atoms with van der Waals surface area (Å²) in [5.74, 6) is 2.51. The van der Waals surface area contributed by atoms with E-state index in [-0.39, 0.29) is 16.6 Å². The van der Waals surface area contributed by atoms with Gasteiger partial charge in [0.05, 0.1) is 0 Å². The van der Waals surface area contributed by atoms with Crippen LogP contribution in [0.5, 0.6) is 0 Å². The molecule has 4 aliphatic carbocycles. The molecule has 2 nitrogen and oxygen atoms in total. The third-order valence-corrected chi connectivity index (χ3v) is 7.27. The lowest BCUT2D eigenvalue weighted by atomic mass is 9.48. The van der Waals surface area contributed by atoms with Crippen LogP contribution in [0.4, 0.5) is 0 Å². The Labute approximate surface area is 126 Å². The summed E-state index contributed by atoms with van der Waals surface area (Å²) in [5.41, 5.74) is 1.35. The summed E-state index contributed by atoms with van der Waals surface area (Å²) < 4.78 is 0. The summed E-state index contributed by atoms with van der Waals surface area (Å²) in [6, 6.07) is 0. The molecule has 0 saturated heterocycles. The molecule has 3 fully saturated rings. The first-order chi connectivity index (χ1) is 9.95. The topological polar surface area (TPSA) is 34.1 Å². The first-order valence-electron chi connectivity index (χ1n) is 8.43. The molecule has 3 saturated carbocycles. The van der Waals surface area contributed by atoms with Crippen LogP contribution in [-0.2, 0) is 9.59 Å². The van der Waals surface area contributed by atoms with Gasteiger partial charge >= 0.3 is 0 Å². The Balaban J connectivity index is 1.72. The van der Waals surface area contributed by atoms with Crippen molar-refractivity contribution in [2.24, 2.45) is 28.6 Å². The summed E-state index contributed by atoms with van der Waals surface area (Å²) in [6.45, 7) is 4.54. The highest BCUT2D eigenvalue weighted by molar-refractivity contribution is 6.01. The Morgan fingerprint density at radius 3 is 2.67 bits per heavy atom. The summed E-state index contributed by atoms with van der Waals surface area (Å²) in [7, 11) is 0. The molecule has 4 aliphatic rings. The van der Waals surface area contributed by atoms with Crippen molar-refractivity contribution in [1.29, 1.82) is 0 Å². The lowest BCUT2D eigenvalue weighted by Crippen LogP contribution is -2.49. The van der Waals surface area contributed by atoms with Gasteiger partial charge in [-0.1, -0.05) is 25.5 Å². The van der Waals surface area contributed by atoms with Gasteiger partial charge in [-0.3, -0.25) is 9.59 Å². The van der Waals surface area contributed by atoms with Gasteiger partial charge in [0.15, 0.2) is 5.78 Å². The lowest BCUT2D eigenvalue weighted by molar-refractivity contribution is -0.131. The van der Waals surface area contributed by atoms with Crippen LogP contribution < -0.4 is 0 Å². The second kappa shape index (κ2) is 4.18. The maximum atomic E-state index is 12.3. The number of ketones is 2. The predicted octanol–water partition coefficient (Wildman–Crippen LogP) is 3.86. The van der Waals surface area contributed by atoms with E-state index in [1.807, 2.05) is 6.08 Å². The quantitative estimate of drug-likeness (QED) is 0.677. The zero-order valence-electron chi connectivity index (χ0n) is 13.0. The maximum absolute atomic E-state index is 12.3. The van der Waals surface area contributed by atoms with Crippen LogP contribution in [0.25, 0.3) is 0 Å². The van der Waals surface area contributed by atoms with Crippen molar-refractivity contribution in [1.82, 2.24) is 0 Å². The van der Waals surface area contributed by atoms with Gasteiger partial charge in [0.2, 0.25) is 0 Å². The van der Waals surface area contributed by atoms with Crippen molar-refractivity contribution >= 4 is 11.6 Å². The molecular weight excluding hydrogens is 260 g/mol. The minimum absolute atomic E-state index is 0.0487. The molecule has 0 spiro atoms. The number of carbonyl (C=O) groups excluding carboxylic acids is 2. The van der Waals surface area contributed by atoms with Crippen LogP contribution in [0.1, 0.15) is 52.4 Å². The average molecular weight is 284 g/mol. The van der Waals surface area contributed by atoms with Gasteiger partial charge in [0.25, 0.3) is 0 Å². The number of allylic oxidation sites excluding steroid dienone is 4. The van der Waals surface area contributed by atoms with Crippen molar-refractivity contribution in [3.05, 3.63) is 23.8 Å². The van der Waals surface area contributed by atoms with E-state index in [1.54, 1.807) is 6.08 Å². The second-order valence-corrected chi connectivity index (χ2v) is 8.02. The molecule has 0 radical (unpaired) electrons. The number of carbonyl (C=O) groups is 2. The molecule has 0 heterocycles. The van der Waals surface area contributed by atoms with Crippen molar-refractivity contribution in [3.63, 3.8) is 0 Å². The van der Waals surface area contributed by atoms with Crippen LogP contribution in [-0.4, -0.2) is 11.6 Å². The van der Waals surface area contributed by atoms with Crippen molar-refractivity contribution in [3.8, 4) is 0 Å². The third-order valence-electron chi connectivity index (χ3n) is 7.27. The van der Waals surface area contributed by atoms with Crippen molar-refractivity contribution in [2.45, 2.75) is 52.4 Å². The summed E-state index contributed by atoms with van der Waals surface area (Å²) in [6.07, 6.45) is 12.1. The van der Waals surface area contributed by atoms with Crippen LogP contribution >= 0.6 is 0 Å². The van der Waals surface area contributed by atoms with Gasteiger partial charge < -0.3 is 0 Å². The first kappa shape index (κ1) is 13.5. The minimum Gasteiger partial charge on any atom is -0.299 e. The molecule has 5 atom stereocenters. The third kappa shape index (κ3) is 1.65. The minimum atomic E-state index is -0.0487. The van der Waals surface area contributed by atoms with Gasteiger partial charge in [-0.2, -0.15) is 0 Å². The van der Waals surface area contributed by atoms with E-state index in [0.717, 1.165) is 32.1 Å². The molecule has 1 unspecified atom stereocenters. The van der Waals surface area contributed by atoms with Crippen molar-refractivity contribution < 1.29 is 9.59 Å². The molecule has 21 heavy (non-hydrogen) atoms. The molecular formula is C19H24O2. The zero-order valence-corrected chi connectivity index (χ0v) is 13.0. The standard InChI is InChI=1S/C19H24O2/c1-18-9-7-13(20)11-12(18)3-4-14-15-5-6-17(21)19(15,2)10-8-16(14)18/h7,9,11,14-16H,3-6,8,10H2,1-2H3/t14-,15?,16-,18-,19-/m0/s1. The average Bonchev–Trinajstić information content (AvgIpc) is 2.76. The number of hydrogen-bond acceptors (Lipinski definition) is 2. The van der Waals surface area contributed by atoms with Crippen LogP contribution in [0.2, 0.25) is 0 Å². The molecule has 0 bridgehead atoms. The molecule has 0 N–H and O–H groups in total. The molecule has 112 valence electrons. The normalized spacial score (nSPS) is 48.5. The highest BCUT2D eigenvalue weighted by Gasteiger charge is 2.58. The molecule has 0 aromatic rings. The molecule has 4 rings (SSSR count). The largest absolute Gasteiger partial charge is 0.299 e.